The van der Waals surface area contributed by atoms with Crippen molar-refractivity contribution in [2.24, 2.45) is 5.92 Å². The van der Waals surface area contributed by atoms with Gasteiger partial charge in [-0.25, -0.2) is 13.1 Å². The number of rotatable bonds is 7. The molecule has 1 saturated heterocycles. The minimum atomic E-state index is -3.17. The Morgan fingerprint density at radius 2 is 2.00 bits per heavy atom. The highest BCUT2D eigenvalue weighted by atomic mass is 32.2. The third-order valence-corrected chi connectivity index (χ3v) is 4.16. The molecule has 0 spiro atoms. The van der Waals surface area contributed by atoms with E-state index in [9.17, 15) is 8.42 Å². The Balaban J connectivity index is 2.19. The number of nitrogens with one attached hydrogen (secondary N) is 2. The Labute approximate surface area is 104 Å². The first-order valence-electron chi connectivity index (χ1n) is 6.29. The second-order valence-electron chi connectivity index (χ2n) is 4.78. The van der Waals surface area contributed by atoms with Gasteiger partial charge in [0.1, 0.15) is 0 Å². The number of hydrogen-bond donors (Lipinski definition) is 2. The maximum absolute atomic E-state index is 11.6. The first-order valence-corrected chi connectivity index (χ1v) is 7.94. The van der Waals surface area contributed by atoms with Gasteiger partial charge in [-0.15, -0.1) is 0 Å². The largest absolute Gasteiger partial charge is 0.378 e. The van der Waals surface area contributed by atoms with Crippen molar-refractivity contribution in [2.75, 3.05) is 32.0 Å². The molecule has 0 atom stereocenters. The van der Waals surface area contributed by atoms with E-state index in [2.05, 4.69) is 10.0 Å². The molecule has 0 aromatic rings. The number of sulfonamides is 1. The summed E-state index contributed by atoms with van der Waals surface area (Å²) in [5, 5.41) is 3.26. The number of hydrogen-bond acceptors (Lipinski definition) is 4. The van der Waals surface area contributed by atoms with Gasteiger partial charge < -0.3 is 10.1 Å². The maximum atomic E-state index is 11.6. The lowest BCUT2D eigenvalue weighted by Gasteiger charge is -2.22. The quantitative estimate of drug-likeness (QED) is 0.695. The fourth-order valence-electron chi connectivity index (χ4n) is 1.80. The fourth-order valence-corrected chi connectivity index (χ4v) is 2.75. The van der Waals surface area contributed by atoms with Crippen molar-refractivity contribution in [3.8, 4) is 0 Å². The molecule has 1 aliphatic heterocycles. The van der Waals surface area contributed by atoms with Gasteiger partial charge in [0.25, 0.3) is 0 Å². The first kappa shape index (κ1) is 14.9. The fraction of sp³-hybridized carbons (Fsp3) is 1.00. The van der Waals surface area contributed by atoms with Crippen molar-refractivity contribution in [1.29, 1.82) is 0 Å². The van der Waals surface area contributed by atoms with E-state index in [4.69, 9.17) is 4.74 Å². The van der Waals surface area contributed by atoms with E-state index >= 15 is 0 Å². The van der Waals surface area contributed by atoms with Gasteiger partial charge in [-0.2, -0.15) is 0 Å². The monoisotopic (exact) mass is 264 g/mol. The molecular formula is C11H24N2O3S. The van der Waals surface area contributed by atoms with Gasteiger partial charge in [-0.05, 0) is 45.7 Å². The van der Waals surface area contributed by atoms with Crippen LogP contribution in [0.2, 0.25) is 0 Å². The Kier molecular flexibility index (Phi) is 6.40. The van der Waals surface area contributed by atoms with Gasteiger partial charge in [0.15, 0.2) is 0 Å². The second kappa shape index (κ2) is 7.31. The zero-order valence-electron chi connectivity index (χ0n) is 10.7. The molecule has 0 aliphatic carbocycles. The Morgan fingerprint density at radius 3 is 2.59 bits per heavy atom. The van der Waals surface area contributed by atoms with Gasteiger partial charge >= 0.3 is 0 Å². The average molecular weight is 264 g/mol. The van der Waals surface area contributed by atoms with Crippen LogP contribution in [0.3, 0.4) is 0 Å². The molecule has 2 N–H and O–H groups in total. The van der Waals surface area contributed by atoms with E-state index in [0.29, 0.717) is 12.5 Å². The Bertz CT molecular complexity index is 298. The predicted molar refractivity (Wildman–Crippen MR) is 68.5 cm³/mol. The third kappa shape index (κ3) is 6.98. The van der Waals surface area contributed by atoms with Crippen LogP contribution in [0.1, 0.15) is 26.7 Å². The Morgan fingerprint density at radius 1 is 1.35 bits per heavy atom. The summed E-state index contributed by atoms with van der Waals surface area (Å²) in [5.74, 6) is 0.521. The lowest BCUT2D eigenvalue weighted by Crippen LogP contribution is -2.37. The summed E-state index contributed by atoms with van der Waals surface area (Å²) >= 11 is 0. The normalized spacial score (nSPS) is 18.8. The molecule has 0 amide bonds. The van der Waals surface area contributed by atoms with Crippen LogP contribution in [-0.2, 0) is 14.8 Å². The molecule has 0 bridgehead atoms. The van der Waals surface area contributed by atoms with E-state index < -0.39 is 10.0 Å². The van der Waals surface area contributed by atoms with Crippen LogP contribution in [0, 0.1) is 5.92 Å². The molecule has 1 fully saturated rings. The zero-order chi connectivity index (χ0) is 12.7. The molecule has 6 heteroatoms. The molecule has 0 aromatic heterocycles. The van der Waals surface area contributed by atoms with E-state index in [1.165, 1.54) is 0 Å². The second-order valence-corrected chi connectivity index (χ2v) is 6.71. The molecule has 0 unspecified atom stereocenters. The van der Waals surface area contributed by atoms with Crippen LogP contribution in [0.4, 0.5) is 0 Å². The summed E-state index contributed by atoms with van der Waals surface area (Å²) in [6.07, 6.45) is 2.17. The molecule has 102 valence electrons. The third-order valence-electron chi connectivity index (χ3n) is 2.85. The lowest BCUT2D eigenvalue weighted by atomic mass is 9.99. The molecule has 1 aliphatic rings. The Hall–Kier alpha value is -0.170. The van der Waals surface area contributed by atoms with Crippen molar-refractivity contribution in [1.82, 2.24) is 10.0 Å². The van der Waals surface area contributed by atoms with E-state index in [1.54, 1.807) is 0 Å². The summed E-state index contributed by atoms with van der Waals surface area (Å²) in [4.78, 5) is 0. The highest BCUT2D eigenvalue weighted by Crippen LogP contribution is 2.10. The van der Waals surface area contributed by atoms with Crippen LogP contribution >= 0.6 is 0 Å². The first-order chi connectivity index (χ1) is 7.99. The van der Waals surface area contributed by atoms with Crippen LogP contribution in [-0.4, -0.2) is 46.5 Å². The lowest BCUT2D eigenvalue weighted by molar-refractivity contribution is 0.0911. The van der Waals surface area contributed by atoms with Crippen molar-refractivity contribution >= 4 is 10.0 Å². The predicted octanol–water partition coefficient (Wildman–Crippen LogP) is 0.330. The van der Waals surface area contributed by atoms with Crippen molar-refractivity contribution in [3.63, 3.8) is 0 Å². The van der Waals surface area contributed by atoms with Crippen LogP contribution in [0.15, 0.2) is 0 Å². The minimum absolute atomic E-state index is 0.0517. The smallest absolute Gasteiger partial charge is 0.213 e. The standard InChI is InChI=1S/C11H24N2O3S/c1-10(2)16-7-8-17(14,15)13-9-11-3-5-12-6-4-11/h10-13H,3-9H2,1-2H3. The molecular weight excluding hydrogens is 240 g/mol. The van der Waals surface area contributed by atoms with Crippen LogP contribution in [0.5, 0.6) is 0 Å². The maximum Gasteiger partial charge on any atom is 0.213 e. The van der Waals surface area contributed by atoms with Gasteiger partial charge in [-0.3, -0.25) is 0 Å². The van der Waals surface area contributed by atoms with Gasteiger partial charge in [0.2, 0.25) is 10.0 Å². The average Bonchev–Trinajstić information content (AvgIpc) is 2.27. The molecule has 5 nitrogen and oxygen atoms in total. The minimum Gasteiger partial charge on any atom is -0.378 e. The molecule has 0 saturated carbocycles. The summed E-state index contributed by atoms with van der Waals surface area (Å²) < 4.78 is 31.2. The van der Waals surface area contributed by atoms with E-state index in [0.717, 1.165) is 25.9 Å². The molecule has 1 rings (SSSR count). The topological polar surface area (TPSA) is 67.4 Å². The van der Waals surface area contributed by atoms with Crippen LogP contribution in [0.25, 0.3) is 0 Å². The molecule has 1 heterocycles. The van der Waals surface area contributed by atoms with Crippen molar-refractivity contribution in [3.05, 3.63) is 0 Å². The van der Waals surface area contributed by atoms with Crippen LogP contribution < -0.4 is 10.0 Å². The van der Waals surface area contributed by atoms with Crippen molar-refractivity contribution in [2.45, 2.75) is 32.8 Å². The van der Waals surface area contributed by atoms with E-state index in [-0.39, 0.29) is 18.5 Å². The van der Waals surface area contributed by atoms with Crippen molar-refractivity contribution < 1.29 is 13.2 Å². The SMILES string of the molecule is CC(C)OCCS(=O)(=O)NCC1CCNCC1. The summed E-state index contributed by atoms with van der Waals surface area (Å²) in [5.41, 5.74) is 0. The zero-order valence-corrected chi connectivity index (χ0v) is 11.6. The number of ether oxygens (including phenoxy) is 1. The van der Waals surface area contributed by atoms with Gasteiger partial charge in [-0.1, -0.05) is 0 Å². The van der Waals surface area contributed by atoms with Gasteiger partial charge in [0, 0.05) is 6.54 Å². The molecule has 17 heavy (non-hydrogen) atoms. The summed E-state index contributed by atoms with van der Waals surface area (Å²) in [7, 11) is -3.17. The summed E-state index contributed by atoms with van der Waals surface area (Å²) in [6, 6.07) is 0. The van der Waals surface area contributed by atoms with E-state index in [1.807, 2.05) is 13.8 Å². The number of piperidine rings is 1. The highest BCUT2D eigenvalue weighted by Gasteiger charge is 2.16. The molecule has 0 aromatic carbocycles. The highest BCUT2D eigenvalue weighted by molar-refractivity contribution is 7.89. The molecule has 0 radical (unpaired) electrons. The van der Waals surface area contributed by atoms with Gasteiger partial charge in [0.05, 0.1) is 18.5 Å². The summed E-state index contributed by atoms with van der Waals surface area (Å²) in [6.45, 7) is 6.60.